The van der Waals surface area contributed by atoms with Crippen molar-refractivity contribution in [1.29, 1.82) is 0 Å². The molecule has 2 heterocycles. The van der Waals surface area contributed by atoms with Crippen LogP contribution in [0.1, 0.15) is 21.8 Å². The summed E-state index contributed by atoms with van der Waals surface area (Å²) in [5, 5.41) is 15.4. The van der Waals surface area contributed by atoms with E-state index >= 15 is 0 Å². The number of amides is 1. The highest BCUT2D eigenvalue weighted by Gasteiger charge is 2.26. The van der Waals surface area contributed by atoms with Gasteiger partial charge >= 0.3 is 5.97 Å². The van der Waals surface area contributed by atoms with Gasteiger partial charge in [0.15, 0.2) is 5.69 Å². The Labute approximate surface area is 141 Å². The minimum absolute atomic E-state index is 0.0700. The summed E-state index contributed by atoms with van der Waals surface area (Å²) in [6, 6.07) is 4.90. The molecule has 0 fully saturated rings. The molecule has 0 radical (unpaired) electrons. The van der Waals surface area contributed by atoms with Gasteiger partial charge in [-0.15, -0.1) is 0 Å². The number of hydrogen-bond acceptors (Lipinski definition) is 6. The van der Waals surface area contributed by atoms with Gasteiger partial charge in [0.1, 0.15) is 17.3 Å². The maximum absolute atomic E-state index is 12.9. The van der Waals surface area contributed by atoms with E-state index < -0.39 is 23.8 Å². The average molecular weight is 350 g/mol. The Bertz CT molecular complexity index is 773. The number of nitrogens with zero attached hydrogens (tertiary/aromatic N) is 1. The fourth-order valence-corrected chi connectivity index (χ4v) is 2.33. The lowest BCUT2D eigenvalue weighted by Crippen LogP contribution is -2.40. The van der Waals surface area contributed by atoms with E-state index in [-0.39, 0.29) is 24.6 Å². The number of benzene rings is 1. The number of ether oxygens (including phenoxy) is 2. The minimum Gasteiger partial charge on any atom is -0.478 e. The Kier molecular flexibility index (Phi) is 4.94. The Morgan fingerprint density at radius 2 is 2.12 bits per heavy atom. The first-order valence-corrected chi connectivity index (χ1v) is 7.53. The lowest BCUT2D eigenvalue weighted by atomic mass is 10.1. The predicted molar refractivity (Wildman–Crippen MR) is 80.6 cm³/mol. The van der Waals surface area contributed by atoms with E-state index in [0.717, 1.165) is 12.1 Å². The van der Waals surface area contributed by atoms with Crippen LogP contribution in [-0.2, 0) is 22.6 Å². The zero-order chi connectivity index (χ0) is 17.8. The lowest BCUT2D eigenvalue weighted by molar-refractivity contribution is -0.144. The number of carboxylic acids is 1. The number of halogens is 1. The van der Waals surface area contributed by atoms with Crippen LogP contribution in [0.5, 0.6) is 5.75 Å². The third-order valence-corrected chi connectivity index (χ3v) is 3.62. The number of nitrogens with one attached hydrogen (secondary N) is 1. The van der Waals surface area contributed by atoms with Crippen molar-refractivity contribution in [3.05, 3.63) is 47.1 Å². The maximum atomic E-state index is 12.9. The third kappa shape index (κ3) is 3.94. The summed E-state index contributed by atoms with van der Waals surface area (Å²) < 4.78 is 28.5. The molecule has 0 spiro atoms. The van der Waals surface area contributed by atoms with Gasteiger partial charge in [0.05, 0.1) is 25.3 Å². The van der Waals surface area contributed by atoms with E-state index in [0.29, 0.717) is 24.4 Å². The summed E-state index contributed by atoms with van der Waals surface area (Å²) in [6.45, 7) is 0.417. The molecule has 132 valence electrons. The third-order valence-electron chi connectivity index (χ3n) is 3.62. The number of fused-ring (bicyclic) bond motifs is 1. The molecule has 0 aliphatic carbocycles. The summed E-state index contributed by atoms with van der Waals surface area (Å²) in [7, 11) is 0. The summed E-state index contributed by atoms with van der Waals surface area (Å²) in [5.74, 6) is -1.55. The number of carbonyl (C=O) groups excluding carboxylic acids is 1. The van der Waals surface area contributed by atoms with Gasteiger partial charge in [0.25, 0.3) is 5.91 Å². The number of carbonyl (C=O) groups is 2. The maximum Gasteiger partial charge on any atom is 0.346 e. The van der Waals surface area contributed by atoms with Crippen molar-refractivity contribution < 1.29 is 33.1 Å². The van der Waals surface area contributed by atoms with Gasteiger partial charge in [-0.25, -0.2) is 9.18 Å². The highest BCUT2D eigenvalue weighted by Crippen LogP contribution is 2.20. The Morgan fingerprint density at radius 1 is 1.36 bits per heavy atom. The van der Waals surface area contributed by atoms with Gasteiger partial charge in [-0.1, -0.05) is 5.16 Å². The molecule has 25 heavy (non-hydrogen) atoms. The Morgan fingerprint density at radius 3 is 2.84 bits per heavy atom. The van der Waals surface area contributed by atoms with E-state index in [1.165, 1.54) is 12.1 Å². The number of aliphatic carboxylic acids is 1. The molecule has 9 heteroatoms. The molecule has 1 aromatic heterocycles. The summed E-state index contributed by atoms with van der Waals surface area (Å²) in [6.07, 6.45) is -0.811. The van der Waals surface area contributed by atoms with E-state index in [1.54, 1.807) is 0 Å². The van der Waals surface area contributed by atoms with Gasteiger partial charge in [0.2, 0.25) is 6.10 Å². The smallest absolute Gasteiger partial charge is 0.346 e. The molecule has 0 saturated heterocycles. The highest BCUT2D eigenvalue weighted by molar-refractivity contribution is 5.94. The molecule has 3 rings (SSSR count). The molecule has 1 atom stereocenters. The topological polar surface area (TPSA) is 111 Å². The first-order chi connectivity index (χ1) is 12.0. The number of hydrogen-bond donors (Lipinski definition) is 2. The van der Waals surface area contributed by atoms with Gasteiger partial charge in [0, 0.05) is 6.42 Å². The van der Waals surface area contributed by atoms with E-state index in [9.17, 15) is 19.1 Å². The molecule has 0 bridgehead atoms. The van der Waals surface area contributed by atoms with Crippen LogP contribution in [0.3, 0.4) is 0 Å². The van der Waals surface area contributed by atoms with Crippen LogP contribution in [0.4, 0.5) is 4.39 Å². The summed E-state index contributed by atoms with van der Waals surface area (Å²) in [4.78, 5) is 23.5. The monoisotopic (exact) mass is 350 g/mol. The van der Waals surface area contributed by atoms with Crippen molar-refractivity contribution >= 4 is 11.9 Å². The Hall–Kier alpha value is -2.94. The molecular formula is C16H15FN2O6. The second-order valence-corrected chi connectivity index (χ2v) is 5.34. The van der Waals surface area contributed by atoms with E-state index in [4.69, 9.17) is 14.0 Å². The normalized spacial score (nSPS) is 14.4. The molecule has 1 aromatic carbocycles. The molecule has 1 aliphatic heterocycles. The highest BCUT2D eigenvalue weighted by atomic mass is 19.1. The van der Waals surface area contributed by atoms with Gasteiger partial charge in [-0.3, -0.25) is 4.79 Å². The van der Waals surface area contributed by atoms with Crippen LogP contribution < -0.4 is 10.1 Å². The van der Waals surface area contributed by atoms with Gasteiger partial charge < -0.3 is 24.4 Å². The summed E-state index contributed by atoms with van der Waals surface area (Å²) >= 11 is 0. The molecule has 8 nitrogen and oxygen atoms in total. The molecule has 1 amide bonds. The molecule has 1 aliphatic rings. The van der Waals surface area contributed by atoms with Crippen LogP contribution >= 0.6 is 0 Å². The summed E-state index contributed by atoms with van der Waals surface area (Å²) in [5.41, 5.74) is 0.635. The van der Waals surface area contributed by atoms with Crippen LogP contribution in [0, 0.1) is 5.82 Å². The fraction of sp³-hybridized carbons (Fsp3) is 0.312. The predicted octanol–water partition coefficient (Wildman–Crippen LogP) is 1.15. The van der Waals surface area contributed by atoms with Crippen LogP contribution in [0.25, 0.3) is 0 Å². The zero-order valence-electron chi connectivity index (χ0n) is 13.0. The SMILES string of the molecule is O=C(NCC(Oc1ccc(F)cc1)C(=O)O)c1noc2c1COCC2. The van der Waals surface area contributed by atoms with Crippen LogP contribution in [-0.4, -0.2) is 41.4 Å². The zero-order valence-corrected chi connectivity index (χ0v) is 13.0. The van der Waals surface area contributed by atoms with Crippen molar-refractivity contribution in [3.63, 3.8) is 0 Å². The van der Waals surface area contributed by atoms with Gasteiger partial charge in [-0.2, -0.15) is 0 Å². The minimum atomic E-state index is -1.34. The molecule has 1 unspecified atom stereocenters. The molecule has 0 saturated carbocycles. The largest absolute Gasteiger partial charge is 0.478 e. The lowest BCUT2D eigenvalue weighted by Gasteiger charge is -2.16. The van der Waals surface area contributed by atoms with Crippen molar-refractivity contribution in [3.8, 4) is 5.75 Å². The second-order valence-electron chi connectivity index (χ2n) is 5.34. The first-order valence-electron chi connectivity index (χ1n) is 7.53. The second kappa shape index (κ2) is 7.31. The van der Waals surface area contributed by atoms with Crippen molar-refractivity contribution in [2.45, 2.75) is 19.1 Å². The fourth-order valence-electron chi connectivity index (χ4n) is 2.33. The van der Waals surface area contributed by atoms with Crippen LogP contribution in [0.2, 0.25) is 0 Å². The number of rotatable bonds is 6. The van der Waals surface area contributed by atoms with Crippen molar-refractivity contribution in [2.24, 2.45) is 0 Å². The first kappa shape index (κ1) is 16.9. The standard InChI is InChI=1S/C16H15FN2O6/c17-9-1-3-10(4-2-9)24-13(16(21)22)7-18-15(20)14-11-8-23-6-5-12(11)25-19-14/h1-4,13H,5-8H2,(H,18,20)(H,21,22). The molecular weight excluding hydrogens is 335 g/mol. The van der Waals surface area contributed by atoms with Gasteiger partial charge in [-0.05, 0) is 24.3 Å². The van der Waals surface area contributed by atoms with E-state index in [1.807, 2.05) is 0 Å². The number of carboxylic acid groups (broad SMARTS) is 1. The molecule has 2 N–H and O–H groups in total. The quantitative estimate of drug-likeness (QED) is 0.804. The average Bonchev–Trinajstić information content (AvgIpc) is 3.04. The number of aromatic nitrogens is 1. The van der Waals surface area contributed by atoms with Crippen LogP contribution in [0.15, 0.2) is 28.8 Å². The van der Waals surface area contributed by atoms with Crippen molar-refractivity contribution in [2.75, 3.05) is 13.2 Å². The molecule has 2 aromatic rings. The van der Waals surface area contributed by atoms with Crippen molar-refractivity contribution in [1.82, 2.24) is 10.5 Å². The Balaban J connectivity index is 1.63. The van der Waals surface area contributed by atoms with E-state index in [2.05, 4.69) is 10.5 Å².